The monoisotopic (exact) mass is 295 g/mol. The molecule has 1 atom stereocenters. The van der Waals surface area contributed by atoms with Crippen LogP contribution in [0.3, 0.4) is 0 Å². The number of nitrogens with one attached hydrogen (secondary N) is 1. The van der Waals surface area contributed by atoms with Crippen LogP contribution in [-0.4, -0.2) is 5.91 Å². The molecule has 2 nitrogen and oxygen atoms in total. The van der Waals surface area contributed by atoms with E-state index in [0.29, 0.717) is 0 Å². The highest BCUT2D eigenvalue weighted by molar-refractivity contribution is 9.10. The fraction of sp³-hybridized carbons (Fsp3) is 0.500. The Labute approximate surface area is 111 Å². The van der Waals surface area contributed by atoms with Crippen molar-refractivity contribution >= 4 is 27.5 Å². The Bertz CT molecular complexity index is 428. The lowest BCUT2D eigenvalue weighted by atomic mass is 9.81. The van der Waals surface area contributed by atoms with Crippen LogP contribution < -0.4 is 5.32 Å². The molecule has 1 aliphatic carbocycles. The summed E-state index contributed by atoms with van der Waals surface area (Å²) in [6.07, 6.45) is 3.31. The van der Waals surface area contributed by atoms with E-state index >= 15 is 0 Å². The Balaban J connectivity index is 2.07. The molecule has 0 aromatic heterocycles. The SMILES string of the molecule is CC1(C)CCCC1C(=O)Nc1cccc(Br)c1. The number of hydrogen-bond donors (Lipinski definition) is 1. The van der Waals surface area contributed by atoms with Gasteiger partial charge in [-0.2, -0.15) is 0 Å². The zero-order valence-electron chi connectivity index (χ0n) is 10.3. The predicted molar refractivity (Wildman–Crippen MR) is 73.9 cm³/mol. The van der Waals surface area contributed by atoms with Gasteiger partial charge in [-0.25, -0.2) is 0 Å². The first kappa shape index (κ1) is 12.6. The Hall–Kier alpha value is -0.830. The maximum atomic E-state index is 12.2. The van der Waals surface area contributed by atoms with Crippen molar-refractivity contribution in [1.29, 1.82) is 0 Å². The topological polar surface area (TPSA) is 29.1 Å². The lowest BCUT2D eigenvalue weighted by Crippen LogP contribution is -2.30. The minimum absolute atomic E-state index is 0.135. The standard InChI is InChI=1S/C14H18BrNO/c1-14(2)8-4-7-12(14)13(17)16-11-6-3-5-10(15)9-11/h3,5-6,9,12H,4,7-8H2,1-2H3,(H,16,17). The van der Waals surface area contributed by atoms with Crippen molar-refractivity contribution in [2.24, 2.45) is 11.3 Å². The second-order valence-electron chi connectivity index (χ2n) is 5.43. The molecule has 3 heteroatoms. The minimum Gasteiger partial charge on any atom is -0.326 e. The molecule has 2 rings (SSSR count). The summed E-state index contributed by atoms with van der Waals surface area (Å²) < 4.78 is 0.987. The Morgan fingerprint density at radius 2 is 2.24 bits per heavy atom. The molecule has 1 saturated carbocycles. The number of hydrogen-bond acceptors (Lipinski definition) is 1. The molecule has 92 valence electrons. The zero-order chi connectivity index (χ0) is 12.5. The van der Waals surface area contributed by atoms with E-state index < -0.39 is 0 Å². The molecule has 1 fully saturated rings. The normalized spacial score (nSPS) is 22.4. The molecule has 1 aliphatic rings. The quantitative estimate of drug-likeness (QED) is 0.870. The first-order chi connectivity index (χ1) is 7.99. The highest BCUT2D eigenvalue weighted by atomic mass is 79.9. The first-order valence-electron chi connectivity index (χ1n) is 6.05. The van der Waals surface area contributed by atoms with Crippen molar-refractivity contribution in [3.8, 4) is 0 Å². The molecule has 1 unspecified atom stereocenters. The Kier molecular flexibility index (Phi) is 3.57. The van der Waals surface area contributed by atoms with Gasteiger partial charge in [0.05, 0.1) is 0 Å². The van der Waals surface area contributed by atoms with Gasteiger partial charge in [0.1, 0.15) is 0 Å². The zero-order valence-corrected chi connectivity index (χ0v) is 11.9. The molecular weight excluding hydrogens is 278 g/mol. The van der Waals surface area contributed by atoms with Crippen molar-refractivity contribution < 1.29 is 4.79 Å². The van der Waals surface area contributed by atoms with Crippen molar-refractivity contribution in [3.05, 3.63) is 28.7 Å². The van der Waals surface area contributed by atoms with Gasteiger partial charge in [-0.05, 0) is 36.5 Å². The van der Waals surface area contributed by atoms with Crippen LogP contribution in [0.5, 0.6) is 0 Å². The van der Waals surface area contributed by atoms with E-state index in [2.05, 4.69) is 35.1 Å². The van der Waals surface area contributed by atoms with E-state index in [-0.39, 0.29) is 17.2 Å². The Morgan fingerprint density at radius 3 is 2.82 bits per heavy atom. The lowest BCUT2D eigenvalue weighted by Gasteiger charge is -2.25. The van der Waals surface area contributed by atoms with Crippen molar-refractivity contribution in [2.75, 3.05) is 5.32 Å². The summed E-state index contributed by atoms with van der Waals surface area (Å²) in [6.45, 7) is 4.37. The van der Waals surface area contributed by atoms with Gasteiger partial charge in [0.15, 0.2) is 0 Å². The molecule has 0 saturated heterocycles. The molecule has 1 N–H and O–H groups in total. The summed E-state index contributed by atoms with van der Waals surface area (Å²) in [7, 11) is 0. The summed E-state index contributed by atoms with van der Waals surface area (Å²) >= 11 is 3.41. The highest BCUT2D eigenvalue weighted by Gasteiger charge is 2.39. The average Bonchev–Trinajstić information content (AvgIpc) is 2.58. The second-order valence-corrected chi connectivity index (χ2v) is 6.35. The molecule has 0 heterocycles. The fourth-order valence-corrected chi connectivity index (χ4v) is 3.01. The first-order valence-corrected chi connectivity index (χ1v) is 6.85. The van der Waals surface area contributed by atoms with Gasteiger partial charge in [-0.15, -0.1) is 0 Å². The maximum Gasteiger partial charge on any atom is 0.228 e. The van der Waals surface area contributed by atoms with Gasteiger partial charge < -0.3 is 5.32 Å². The van der Waals surface area contributed by atoms with Crippen LogP contribution in [0.2, 0.25) is 0 Å². The molecule has 1 aromatic rings. The highest BCUT2D eigenvalue weighted by Crippen LogP contribution is 2.43. The van der Waals surface area contributed by atoms with Gasteiger partial charge in [0, 0.05) is 16.1 Å². The van der Waals surface area contributed by atoms with Gasteiger partial charge >= 0.3 is 0 Å². The minimum atomic E-state index is 0.135. The van der Waals surface area contributed by atoms with Gasteiger partial charge in [0.2, 0.25) is 5.91 Å². The molecule has 17 heavy (non-hydrogen) atoms. The van der Waals surface area contributed by atoms with Crippen molar-refractivity contribution in [3.63, 3.8) is 0 Å². The van der Waals surface area contributed by atoms with E-state index in [0.717, 1.165) is 29.4 Å². The second kappa shape index (κ2) is 4.81. The number of benzene rings is 1. The summed E-state index contributed by atoms with van der Waals surface area (Å²) in [5.41, 5.74) is 1.00. The van der Waals surface area contributed by atoms with Crippen molar-refractivity contribution in [1.82, 2.24) is 0 Å². The van der Waals surface area contributed by atoms with E-state index in [4.69, 9.17) is 0 Å². The summed E-state index contributed by atoms with van der Waals surface area (Å²) in [6, 6.07) is 7.74. The predicted octanol–water partition coefficient (Wildman–Crippen LogP) is 4.21. The number of carbonyl (C=O) groups is 1. The van der Waals surface area contributed by atoms with Gasteiger partial charge in [0.25, 0.3) is 0 Å². The van der Waals surface area contributed by atoms with Gasteiger partial charge in [-0.3, -0.25) is 4.79 Å². The fourth-order valence-electron chi connectivity index (χ4n) is 2.61. The van der Waals surface area contributed by atoms with Crippen LogP contribution in [0.4, 0.5) is 5.69 Å². The summed E-state index contributed by atoms with van der Waals surface area (Å²) in [4.78, 5) is 12.2. The summed E-state index contributed by atoms with van der Waals surface area (Å²) in [5.74, 6) is 0.298. The number of halogens is 1. The Morgan fingerprint density at radius 1 is 1.47 bits per heavy atom. The van der Waals surface area contributed by atoms with Crippen LogP contribution in [0.15, 0.2) is 28.7 Å². The largest absolute Gasteiger partial charge is 0.326 e. The van der Waals surface area contributed by atoms with E-state index in [1.54, 1.807) is 0 Å². The average molecular weight is 296 g/mol. The van der Waals surface area contributed by atoms with E-state index in [9.17, 15) is 4.79 Å². The molecule has 1 aromatic carbocycles. The van der Waals surface area contributed by atoms with E-state index in [1.165, 1.54) is 0 Å². The third kappa shape index (κ3) is 2.89. The van der Waals surface area contributed by atoms with Gasteiger partial charge in [-0.1, -0.05) is 42.3 Å². The third-order valence-corrected chi connectivity index (χ3v) is 4.16. The number of amides is 1. The third-order valence-electron chi connectivity index (χ3n) is 3.67. The smallest absolute Gasteiger partial charge is 0.228 e. The summed E-state index contributed by atoms with van der Waals surface area (Å²) in [5, 5.41) is 3.01. The molecule has 0 spiro atoms. The van der Waals surface area contributed by atoms with Crippen LogP contribution in [0, 0.1) is 11.3 Å². The van der Waals surface area contributed by atoms with E-state index in [1.807, 2.05) is 24.3 Å². The number of anilines is 1. The number of carbonyl (C=O) groups excluding carboxylic acids is 1. The molecule has 0 aliphatic heterocycles. The number of rotatable bonds is 2. The van der Waals surface area contributed by atoms with Crippen LogP contribution in [0.25, 0.3) is 0 Å². The van der Waals surface area contributed by atoms with Crippen LogP contribution >= 0.6 is 15.9 Å². The van der Waals surface area contributed by atoms with Crippen molar-refractivity contribution in [2.45, 2.75) is 33.1 Å². The maximum absolute atomic E-state index is 12.2. The van der Waals surface area contributed by atoms with Crippen LogP contribution in [0.1, 0.15) is 33.1 Å². The molecule has 0 radical (unpaired) electrons. The molecular formula is C14H18BrNO. The molecule has 0 bridgehead atoms. The molecule has 1 amide bonds. The lowest BCUT2D eigenvalue weighted by molar-refractivity contribution is -0.122. The van der Waals surface area contributed by atoms with Crippen LogP contribution in [-0.2, 0) is 4.79 Å².